The number of carbonyl (C=O) groups is 2. The highest BCUT2D eigenvalue weighted by Gasteiger charge is 2.42. The lowest BCUT2D eigenvalue weighted by molar-refractivity contribution is -0.172. The molecule has 5 N–H and O–H groups in total. The van der Waals surface area contributed by atoms with Crippen molar-refractivity contribution in [3.63, 3.8) is 0 Å². The fourth-order valence-electron chi connectivity index (χ4n) is 5.97. The molecule has 3 aliphatic rings. The number of carbonyl (C=O) groups excluding carboxylic acids is 2. The minimum atomic E-state index is -2.94. The Kier molecular flexibility index (Phi) is 10.6. The Hall–Kier alpha value is -3.24. The molecule has 1 aliphatic carbocycles. The summed E-state index contributed by atoms with van der Waals surface area (Å²) in [4.78, 5) is 36.9. The molecule has 0 aromatic carbocycles. The van der Waals surface area contributed by atoms with E-state index in [4.69, 9.17) is 21.0 Å². The van der Waals surface area contributed by atoms with Crippen molar-refractivity contribution in [1.29, 1.82) is 5.41 Å². The summed E-state index contributed by atoms with van der Waals surface area (Å²) in [6, 6.07) is -2.03. The molecule has 0 radical (unpaired) electrons. The predicted molar refractivity (Wildman–Crippen MR) is 150 cm³/mol. The number of nitrogens with zero attached hydrogens (tertiary/aromatic N) is 5. The number of likely N-dealkylation sites (tertiary alicyclic amines) is 1. The van der Waals surface area contributed by atoms with Crippen LogP contribution < -0.4 is 11.1 Å². The van der Waals surface area contributed by atoms with E-state index in [9.17, 15) is 27.2 Å². The van der Waals surface area contributed by atoms with Crippen LogP contribution >= 0.6 is 0 Å². The molecule has 12 nitrogen and oxygen atoms in total. The zero-order valence-electron chi connectivity index (χ0n) is 24.8. The van der Waals surface area contributed by atoms with Gasteiger partial charge in [-0.3, -0.25) is 15.0 Å². The van der Waals surface area contributed by atoms with E-state index in [0.29, 0.717) is 24.4 Å². The zero-order valence-corrected chi connectivity index (χ0v) is 24.8. The summed E-state index contributed by atoms with van der Waals surface area (Å²) >= 11 is 0. The number of amides is 2. The Morgan fingerprint density at radius 3 is 2.41 bits per heavy atom. The molecule has 4 heterocycles. The van der Waals surface area contributed by atoms with Gasteiger partial charge in [0.2, 0.25) is 5.92 Å². The molecule has 244 valence electrons. The number of alkyl halides is 4. The fraction of sp³-hybridized carbons (Fsp3) is 0.714. The molecule has 44 heavy (non-hydrogen) atoms. The van der Waals surface area contributed by atoms with Crippen molar-refractivity contribution in [2.45, 2.75) is 101 Å². The number of nitrogens with two attached hydrogens (primary N) is 1. The first-order valence-corrected chi connectivity index (χ1v) is 14.8. The third kappa shape index (κ3) is 7.69. The predicted octanol–water partition coefficient (Wildman–Crippen LogP) is 2.95. The molecule has 0 spiro atoms. The van der Waals surface area contributed by atoms with E-state index in [1.165, 1.54) is 17.6 Å². The summed E-state index contributed by atoms with van der Waals surface area (Å²) in [6.45, 7) is 1.15. The van der Waals surface area contributed by atoms with Gasteiger partial charge in [0.15, 0.2) is 0 Å². The maximum absolute atomic E-state index is 13.9. The van der Waals surface area contributed by atoms with E-state index in [1.807, 2.05) is 0 Å². The maximum Gasteiger partial charge on any atom is 0.271 e. The number of ether oxygens (including phenoxy) is 1. The number of piperidine rings is 1. The summed E-state index contributed by atoms with van der Waals surface area (Å²) in [5, 5.41) is 22.2. The molecule has 2 amide bonds. The fourth-order valence-corrected chi connectivity index (χ4v) is 5.97. The molecule has 1 saturated carbocycles. The highest BCUT2D eigenvalue weighted by atomic mass is 19.3. The number of rotatable bonds is 7. The van der Waals surface area contributed by atoms with Gasteiger partial charge >= 0.3 is 0 Å². The van der Waals surface area contributed by atoms with Crippen molar-refractivity contribution in [2.75, 3.05) is 20.3 Å². The van der Waals surface area contributed by atoms with Crippen molar-refractivity contribution in [2.24, 2.45) is 11.7 Å². The van der Waals surface area contributed by atoms with Crippen LogP contribution in [0.2, 0.25) is 0 Å². The number of imidazole rings is 1. The smallest absolute Gasteiger partial charge is 0.271 e. The lowest BCUT2D eigenvalue weighted by Crippen LogP contribution is -2.48. The largest absolute Gasteiger partial charge is 0.400 e. The third-order valence-electron chi connectivity index (χ3n) is 8.44. The number of hydrogen-bond acceptors (Lipinski definition) is 9. The molecule has 16 heteroatoms. The van der Waals surface area contributed by atoms with Gasteiger partial charge in [-0.25, -0.2) is 32.0 Å². The summed E-state index contributed by atoms with van der Waals surface area (Å²) in [7, 11) is 1.00. The van der Waals surface area contributed by atoms with Crippen molar-refractivity contribution < 1.29 is 37.0 Å². The van der Waals surface area contributed by atoms with E-state index in [-0.39, 0.29) is 55.4 Å². The van der Waals surface area contributed by atoms with Crippen LogP contribution in [-0.2, 0) is 14.3 Å². The zero-order chi connectivity index (χ0) is 32.2. The van der Waals surface area contributed by atoms with E-state index in [2.05, 4.69) is 20.4 Å². The second kappa shape index (κ2) is 13.8. The standard InChI is InChI=1S/C27H36F4N8O3.CH4O/c1-15(32)21(33)23(40)37-22(16-5-8-26(28,29)9-6-16)18-13-39-25(36-18)35-17(12-34-39)19-4-2-3-11-38(19)24(41)20-7-10-27(30,31)14-42-20;1-2/h12-13,15-16,19-20,22,33H,2-11,14,32H2,1H3,(H,37,40);2H,1H3. The van der Waals surface area contributed by atoms with Crippen LogP contribution in [-0.4, -0.2) is 91.4 Å². The molecular formula is C28H40F4N8O4. The molecule has 2 aromatic heterocycles. The van der Waals surface area contributed by atoms with E-state index in [1.54, 1.807) is 11.1 Å². The number of nitrogens with one attached hydrogen (secondary N) is 2. The van der Waals surface area contributed by atoms with E-state index < -0.39 is 55.0 Å². The molecule has 5 rings (SSSR count). The Morgan fingerprint density at radius 1 is 1.09 bits per heavy atom. The summed E-state index contributed by atoms with van der Waals surface area (Å²) < 4.78 is 61.6. The molecule has 3 fully saturated rings. The second-order valence-electron chi connectivity index (χ2n) is 11.7. The SMILES string of the molecule is CC(N)C(=N)C(=O)NC(c1cn2ncc(C3CCCCN3C(=O)C3CCC(F)(F)CO3)nc2n1)C1CCC(F)(F)CC1.CO. The number of aliphatic hydroxyl groups is 1. The molecule has 0 bridgehead atoms. The highest BCUT2D eigenvalue weighted by Crippen LogP contribution is 2.41. The van der Waals surface area contributed by atoms with Gasteiger partial charge in [-0.05, 0) is 51.4 Å². The average molecular weight is 629 g/mol. The van der Waals surface area contributed by atoms with Gasteiger partial charge in [0.1, 0.15) is 18.4 Å². The Morgan fingerprint density at radius 2 is 1.77 bits per heavy atom. The minimum Gasteiger partial charge on any atom is -0.400 e. The molecule has 2 aliphatic heterocycles. The van der Waals surface area contributed by atoms with Crippen LogP contribution in [0.1, 0.15) is 88.2 Å². The lowest BCUT2D eigenvalue weighted by Gasteiger charge is -2.38. The first-order valence-electron chi connectivity index (χ1n) is 14.8. The van der Waals surface area contributed by atoms with Gasteiger partial charge in [0, 0.05) is 39.0 Å². The van der Waals surface area contributed by atoms with E-state index >= 15 is 0 Å². The normalized spacial score (nSPS) is 25.0. The van der Waals surface area contributed by atoms with Crippen LogP contribution in [0.15, 0.2) is 12.4 Å². The van der Waals surface area contributed by atoms with Crippen molar-refractivity contribution in [3.8, 4) is 0 Å². The molecule has 4 atom stereocenters. The van der Waals surface area contributed by atoms with E-state index in [0.717, 1.165) is 20.0 Å². The number of aromatic nitrogens is 4. The lowest BCUT2D eigenvalue weighted by atomic mass is 9.81. The van der Waals surface area contributed by atoms with Crippen molar-refractivity contribution >= 4 is 23.3 Å². The third-order valence-corrected chi connectivity index (χ3v) is 8.44. The van der Waals surface area contributed by atoms with Crippen LogP contribution in [0.5, 0.6) is 0 Å². The monoisotopic (exact) mass is 628 g/mol. The second-order valence-corrected chi connectivity index (χ2v) is 11.7. The quantitative estimate of drug-likeness (QED) is 0.268. The maximum atomic E-state index is 13.9. The Labute approximate surface area is 252 Å². The Bertz CT molecular complexity index is 1320. The van der Waals surface area contributed by atoms with Gasteiger partial charge in [0.25, 0.3) is 23.5 Å². The molecule has 4 unspecified atom stereocenters. The van der Waals surface area contributed by atoms with Crippen LogP contribution in [0.25, 0.3) is 5.78 Å². The van der Waals surface area contributed by atoms with Gasteiger partial charge in [0.05, 0.1) is 35.9 Å². The number of halogens is 4. The summed E-state index contributed by atoms with van der Waals surface area (Å²) in [6.07, 6.45) is 3.51. The number of aliphatic hydroxyl groups excluding tert-OH is 1. The number of fused-ring (bicyclic) bond motifs is 1. The average Bonchev–Trinajstić information content (AvgIpc) is 3.43. The molecular weight excluding hydrogens is 588 g/mol. The highest BCUT2D eigenvalue weighted by molar-refractivity contribution is 6.39. The number of hydrogen-bond donors (Lipinski definition) is 4. The summed E-state index contributed by atoms with van der Waals surface area (Å²) in [5.74, 6) is -6.93. The first-order chi connectivity index (χ1) is 20.8. The van der Waals surface area contributed by atoms with Gasteiger partial charge in [-0.2, -0.15) is 5.10 Å². The summed E-state index contributed by atoms with van der Waals surface area (Å²) in [5.41, 5.74) is 6.22. The van der Waals surface area contributed by atoms with Crippen molar-refractivity contribution in [1.82, 2.24) is 29.8 Å². The van der Waals surface area contributed by atoms with Crippen molar-refractivity contribution in [3.05, 3.63) is 23.8 Å². The molecule has 2 aromatic rings. The Balaban J connectivity index is 0.00000216. The first kappa shape index (κ1) is 33.6. The topological polar surface area (TPSA) is 172 Å². The van der Waals surface area contributed by atoms with Crippen LogP contribution in [0.3, 0.4) is 0 Å². The van der Waals surface area contributed by atoms with Gasteiger partial charge in [-0.1, -0.05) is 0 Å². The van der Waals surface area contributed by atoms with Crippen LogP contribution in [0, 0.1) is 11.3 Å². The van der Waals surface area contributed by atoms with Gasteiger partial charge in [-0.15, -0.1) is 0 Å². The minimum absolute atomic E-state index is 0.0655. The van der Waals surface area contributed by atoms with Crippen LogP contribution in [0.4, 0.5) is 17.6 Å². The molecule has 2 saturated heterocycles. The van der Waals surface area contributed by atoms with Gasteiger partial charge < -0.3 is 25.8 Å².